The number of rotatable bonds is 5. The topological polar surface area (TPSA) is 92.3 Å². The number of carbonyl (C=O) groups excluding carboxylic acids is 1. The summed E-state index contributed by atoms with van der Waals surface area (Å²) in [5, 5.41) is 0.602. The number of ether oxygens (including phenoxy) is 3. The summed E-state index contributed by atoms with van der Waals surface area (Å²) in [7, 11) is 0. The van der Waals surface area contributed by atoms with Gasteiger partial charge >= 0.3 is 5.97 Å². The van der Waals surface area contributed by atoms with Crippen molar-refractivity contribution in [1.29, 1.82) is 0 Å². The Labute approximate surface area is 225 Å². The molecule has 0 bridgehead atoms. The summed E-state index contributed by atoms with van der Waals surface area (Å²) in [6.07, 6.45) is 1.68. The molecule has 0 spiro atoms. The fraction of sp³-hybridized carbons (Fsp3) is 0.179. The molecule has 2 aliphatic heterocycles. The summed E-state index contributed by atoms with van der Waals surface area (Å²) in [4.78, 5) is 31.9. The van der Waals surface area contributed by atoms with Crippen molar-refractivity contribution in [1.82, 2.24) is 4.57 Å². The number of carbonyl (C=O) groups is 1. The van der Waals surface area contributed by atoms with E-state index in [0.29, 0.717) is 54.2 Å². The summed E-state index contributed by atoms with van der Waals surface area (Å²) in [6.45, 7) is 3.79. The fourth-order valence-electron chi connectivity index (χ4n) is 4.55. The zero-order valence-corrected chi connectivity index (χ0v) is 22.0. The Hall–Kier alpha value is -4.08. The van der Waals surface area contributed by atoms with Gasteiger partial charge in [-0.25, -0.2) is 9.79 Å². The molecule has 6 rings (SSSR count). The molecule has 4 heterocycles. The Morgan fingerprint density at radius 1 is 1.18 bits per heavy atom. The summed E-state index contributed by atoms with van der Waals surface area (Å²) in [6, 6.07) is 15.6. The van der Waals surface area contributed by atoms with Crippen LogP contribution in [0.25, 0.3) is 17.4 Å². The normalized spacial score (nSPS) is 16.4. The smallest absolute Gasteiger partial charge is 0.338 e. The van der Waals surface area contributed by atoms with Crippen LogP contribution in [0.5, 0.6) is 11.5 Å². The Kier molecular flexibility index (Phi) is 6.17. The zero-order valence-electron chi connectivity index (χ0n) is 20.4. The van der Waals surface area contributed by atoms with Gasteiger partial charge in [0, 0.05) is 16.7 Å². The van der Waals surface area contributed by atoms with E-state index < -0.39 is 12.0 Å². The van der Waals surface area contributed by atoms with Gasteiger partial charge < -0.3 is 18.6 Å². The first-order valence-electron chi connectivity index (χ1n) is 11.9. The maximum absolute atomic E-state index is 13.8. The average Bonchev–Trinajstić information content (AvgIpc) is 3.63. The van der Waals surface area contributed by atoms with E-state index in [4.69, 9.17) is 30.2 Å². The van der Waals surface area contributed by atoms with Gasteiger partial charge in [-0.05, 0) is 55.8 Å². The van der Waals surface area contributed by atoms with Crippen LogP contribution in [0, 0.1) is 0 Å². The second-order valence-corrected chi connectivity index (χ2v) is 10.1. The van der Waals surface area contributed by atoms with Crippen LogP contribution in [-0.2, 0) is 9.53 Å². The first-order valence-corrected chi connectivity index (χ1v) is 13.1. The number of thiazole rings is 1. The molecule has 1 atom stereocenters. The summed E-state index contributed by atoms with van der Waals surface area (Å²) >= 11 is 7.34. The van der Waals surface area contributed by atoms with Crippen LogP contribution in [0.1, 0.15) is 31.2 Å². The fourth-order valence-corrected chi connectivity index (χ4v) is 5.76. The number of hydrogen-bond acceptors (Lipinski definition) is 8. The summed E-state index contributed by atoms with van der Waals surface area (Å²) < 4.78 is 24.3. The number of benzene rings is 2. The van der Waals surface area contributed by atoms with Crippen LogP contribution in [-0.4, -0.2) is 23.9 Å². The summed E-state index contributed by atoms with van der Waals surface area (Å²) in [5.74, 6) is 1.76. The van der Waals surface area contributed by atoms with Crippen molar-refractivity contribution in [3.63, 3.8) is 0 Å². The maximum Gasteiger partial charge on any atom is 0.338 e. The predicted octanol–water partition coefficient (Wildman–Crippen LogP) is 4.44. The summed E-state index contributed by atoms with van der Waals surface area (Å²) in [5.41, 5.74) is 1.99. The Morgan fingerprint density at radius 3 is 2.84 bits per heavy atom. The number of halogens is 1. The number of fused-ring (bicyclic) bond motifs is 2. The Bertz CT molecular complexity index is 1800. The van der Waals surface area contributed by atoms with Crippen LogP contribution in [0.4, 0.5) is 0 Å². The molecule has 38 heavy (non-hydrogen) atoms. The van der Waals surface area contributed by atoms with Gasteiger partial charge in [-0.2, -0.15) is 0 Å². The molecule has 0 saturated carbocycles. The molecule has 192 valence electrons. The molecule has 8 nitrogen and oxygen atoms in total. The molecule has 0 N–H and O–H groups in total. The van der Waals surface area contributed by atoms with E-state index in [0.717, 1.165) is 5.56 Å². The quantitative estimate of drug-likeness (QED) is 0.342. The standard InChI is InChI=1S/C28H21ClN2O6S/c1-3-34-27(33)24-15(2)30-28-31(25(24)17-7-9-21-22(12-17)36-14-35-21)26(32)23(38-28)13-19-8-10-20(37-19)16-5-4-6-18(29)11-16/h4-13,25H,3,14H2,1-2H3/b23-13-. The molecular weight excluding hydrogens is 528 g/mol. The van der Waals surface area contributed by atoms with Crippen molar-refractivity contribution in [2.75, 3.05) is 13.4 Å². The van der Waals surface area contributed by atoms with Crippen molar-refractivity contribution >= 4 is 35.0 Å². The van der Waals surface area contributed by atoms with Crippen molar-refractivity contribution in [3.8, 4) is 22.8 Å². The highest BCUT2D eigenvalue weighted by molar-refractivity contribution is 7.07. The number of aromatic nitrogens is 1. The predicted molar refractivity (Wildman–Crippen MR) is 142 cm³/mol. The van der Waals surface area contributed by atoms with Gasteiger partial charge in [-0.1, -0.05) is 41.1 Å². The van der Waals surface area contributed by atoms with Gasteiger partial charge in [-0.15, -0.1) is 0 Å². The van der Waals surface area contributed by atoms with Gasteiger partial charge in [-0.3, -0.25) is 9.36 Å². The first-order chi connectivity index (χ1) is 18.4. The lowest BCUT2D eigenvalue weighted by Crippen LogP contribution is -2.39. The molecule has 0 aliphatic carbocycles. The van der Waals surface area contributed by atoms with Gasteiger partial charge in [0.1, 0.15) is 11.5 Å². The number of furan rings is 1. The van der Waals surface area contributed by atoms with Crippen LogP contribution >= 0.6 is 22.9 Å². The number of esters is 1. The zero-order chi connectivity index (χ0) is 26.4. The van der Waals surface area contributed by atoms with Gasteiger partial charge in [0.15, 0.2) is 16.3 Å². The molecule has 0 radical (unpaired) electrons. The molecule has 2 aromatic carbocycles. The molecule has 2 aliphatic rings. The van der Waals surface area contributed by atoms with E-state index in [2.05, 4.69) is 4.99 Å². The molecule has 0 saturated heterocycles. The molecule has 4 aromatic rings. The third kappa shape index (κ3) is 4.23. The van der Waals surface area contributed by atoms with E-state index in [1.807, 2.05) is 30.3 Å². The maximum atomic E-state index is 13.8. The van der Waals surface area contributed by atoms with E-state index in [1.165, 1.54) is 15.9 Å². The highest BCUT2D eigenvalue weighted by Crippen LogP contribution is 2.38. The minimum Gasteiger partial charge on any atom is -0.463 e. The molecule has 10 heteroatoms. The van der Waals surface area contributed by atoms with Crippen molar-refractivity contribution in [2.24, 2.45) is 4.99 Å². The lowest BCUT2D eigenvalue weighted by atomic mass is 9.95. The molecule has 0 fully saturated rings. The second kappa shape index (κ2) is 9.66. The van der Waals surface area contributed by atoms with E-state index in [1.54, 1.807) is 44.2 Å². The lowest BCUT2D eigenvalue weighted by molar-refractivity contribution is -0.139. The minimum atomic E-state index is -0.749. The third-order valence-corrected chi connectivity index (χ3v) is 7.46. The van der Waals surface area contributed by atoms with Crippen LogP contribution in [0.3, 0.4) is 0 Å². The van der Waals surface area contributed by atoms with Crippen molar-refractivity contribution in [3.05, 3.63) is 102 Å². The second-order valence-electron chi connectivity index (χ2n) is 8.63. The monoisotopic (exact) mass is 548 g/mol. The SMILES string of the molecule is CCOC(=O)C1=C(C)N=c2s/c(=C\c3ccc(-c4cccc(Cl)c4)o3)c(=O)n2C1c1ccc2c(c1)OCO2. The number of nitrogens with zero attached hydrogens (tertiary/aromatic N) is 2. The highest BCUT2D eigenvalue weighted by atomic mass is 35.5. The third-order valence-electron chi connectivity index (χ3n) is 6.24. The van der Waals surface area contributed by atoms with Gasteiger partial charge in [0.05, 0.1) is 28.5 Å². The first kappa shape index (κ1) is 24.3. The number of hydrogen-bond donors (Lipinski definition) is 0. The van der Waals surface area contributed by atoms with Crippen molar-refractivity contribution < 1.29 is 23.4 Å². The Balaban J connectivity index is 1.48. The highest BCUT2D eigenvalue weighted by Gasteiger charge is 2.34. The molecule has 0 amide bonds. The van der Waals surface area contributed by atoms with Crippen LogP contribution in [0.2, 0.25) is 5.02 Å². The largest absolute Gasteiger partial charge is 0.463 e. The molecule has 2 aromatic heterocycles. The Morgan fingerprint density at radius 2 is 2.03 bits per heavy atom. The van der Waals surface area contributed by atoms with E-state index in [9.17, 15) is 9.59 Å². The van der Waals surface area contributed by atoms with Gasteiger partial charge in [0.25, 0.3) is 5.56 Å². The van der Waals surface area contributed by atoms with Crippen LogP contribution in [0.15, 0.2) is 80.1 Å². The van der Waals surface area contributed by atoms with E-state index >= 15 is 0 Å². The minimum absolute atomic E-state index is 0.113. The van der Waals surface area contributed by atoms with E-state index in [-0.39, 0.29) is 19.0 Å². The van der Waals surface area contributed by atoms with Crippen molar-refractivity contribution in [2.45, 2.75) is 19.9 Å². The number of allylic oxidation sites excluding steroid dienone is 1. The average molecular weight is 549 g/mol. The van der Waals surface area contributed by atoms with Gasteiger partial charge in [0.2, 0.25) is 6.79 Å². The molecule has 1 unspecified atom stereocenters. The molecular formula is C28H21ClN2O6S. The lowest BCUT2D eigenvalue weighted by Gasteiger charge is -2.24. The van der Waals surface area contributed by atoms with Crippen LogP contribution < -0.4 is 24.4 Å².